The quantitative estimate of drug-likeness (QED) is 0.871. The Balaban J connectivity index is 2.57. The Labute approximate surface area is 106 Å². The second-order valence-corrected chi connectivity index (χ2v) is 4.87. The summed E-state index contributed by atoms with van der Waals surface area (Å²) in [5.74, 6) is 0. The van der Waals surface area contributed by atoms with Gasteiger partial charge in [-0.3, -0.25) is 4.98 Å². The highest BCUT2D eigenvalue weighted by Crippen LogP contribution is 2.23. The third-order valence-corrected chi connectivity index (χ3v) is 3.02. The highest BCUT2D eigenvalue weighted by molar-refractivity contribution is 9.10. The van der Waals surface area contributed by atoms with Crippen molar-refractivity contribution in [2.75, 3.05) is 24.5 Å². The number of nitrogens with one attached hydrogen (secondary N) is 1. The number of aromatic nitrogens is 1. The van der Waals surface area contributed by atoms with Crippen LogP contribution in [0.4, 0.5) is 5.69 Å². The number of likely N-dealkylation sites (N-methyl/N-ethyl adjacent to an activating group) is 1. The molecule has 1 heterocycles. The van der Waals surface area contributed by atoms with Crippen molar-refractivity contribution in [1.82, 2.24) is 10.3 Å². The Hall–Kier alpha value is -0.610. The van der Waals surface area contributed by atoms with Gasteiger partial charge in [-0.2, -0.15) is 0 Å². The zero-order valence-corrected chi connectivity index (χ0v) is 11.8. The van der Waals surface area contributed by atoms with Crippen molar-refractivity contribution in [3.8, 4) is 0 Å². The van der Waals surface area contributed by atoms with E-state index >= 15 is 0 Å². The molecule has 1 rings (SSSR count). The maximum atomic E-state index is 4.08. The lowest BCUT2D eigenvalue weighted by Gasteiger charge is -2.24. The molecule has 90 valence electrons. The van der Waals surface area contributed by atoms with Gasteiger partial charge < -0.3 is 10.2 Å². The fourth-order valence-corrected chi connectivity index (χ4v) is 2.06. The van der Waals surface area contributed by atoms with Crippen LogP contribution in [0, 0.1) is 0 Å². The zero-order valence-electron chi connectivity index (χ0n) is 10.2. The molecule has 4 heteroatoms. The average molecular weight is 286 g/mol. The third-order valence-electron chi connectivity index (χ3n) is 2.41. The van der Waals surface area contributed by atoms with Crippen LogP contribution >= 0.6 is 15.9 Å². The standard InChI is InChI=1S/C12H20BrN3/c1-4-16(8-7-15-10(2)3)12-5-6-14-9-11(12)13/h5-6,9-10,15H,4,7-8H2,1-3H3. The van der Waals surface area contributed by atoms with E-state index < -0.39 is 0 Å². The van der Waals surface area contributed by atoms with Gasteiger partial charge in [-0.15, -0.1) is 0 Å². The van der Waals surface area contributed by atoms with E-state index in [9.17, 15) is 0 Å². The van der Waals surface area contributed by atoms with Crippen LogP contribution in [0.5, 0.6) is 0 Å². The van der Waals surface area contributed by atoms with Crippen molar-refractivity contribution in [2.45, 2.75) is 26.8 Å². The maximum absolute atomic E-state index is 4.08. The molecule has 0 aliphatic carbocycles. The van der Waals surface area contributed by atoms with Crippen molar-refractivity contribution >= 4 is 21.6 Å². The highest BCUT2D eigenvalue weighted by Gasteiger charge is 2.07. The molecule has 1 aromatic rings. The normalized spacial score (nSPS) is 10.8. The molecule has 0 spiro atoms. The van der Waals surface area contributed by atoms with Crippen LogP contribution in [0.25, 0.3) is 0 Å². The SMILES string of the molecule is CCN(CCNC(C)C)c1ccncc1Br. The Morgan fingerprint density at radius 2 is 2.25 bits per heavy atom. The predicted molar refractivity (Wildman–Crippen MR) is 73.0 cm³/mol. The van der Waals surface area contributed by atoms with E-state index in [0.29, 0.717) is 6.04 Å². The van der Waals surface area contributed by atoms with E-state index in [-0.39, 0.29) is 0 Å². The molecule has 0 saturated carbocycles. The van der Waals surface area contributed by atoms with Gasteiger partial charge in [0.05, 0.1) is 10.2 Å². The van der Waals surface area contributed by atoms with Gasteiger partial charge in [0.1, 0.15) is 0 Å². The molecule has 0 radical (unpaired) electrons. The molecule has 0 bridgehead atoms. The summed E-state index contributed by atoms with van der Waals surface area (Å²) in [4.78, 5) is 6.42. The number of hydrogen-bond acceptors (Lipinski definition) is 3. The number of nitrogens with zero attached hydrogens (tertiary/aromatic N) is 2. The zero-order chi connectivity index (χ0) is 12.0. The van der Waals surface area contributed by atoms with Gasteiger partial charge in [-0.05, 0) is 28.9 Å². The van der Waals surface area contributed by atoms with Crippen LogP contribution in [-0.2, 0) is 0 Å². The Kier molecular flexibility index (Phi) is 5.77. The third kappa shape index (κ3) is 4.10. The minimum atomic E-state index is 0.541. The summed E-state index contributed by atoms with van der Waals surface area (Å²) in [7, 11) is 0. The number of rotatable bonds is 6. The first-order valence-electron chi connectivity index (χ1n) is 5.73. The molecule has 0 amide bonds. The van der Waals surface area contributed by atoms with Crippen LogP contribution in [0.1, 0.15) is 20.8 Å². The first kappa shape index (κ1) is 13.5. The summed E-state index contributed by atoms with van der Waals surface area (Å²) in [6.07, 6.45) is 3.67. The van der Waals surface area contributed by atoms with E-state index in [1.54, 1.807) is 0 Å². The summed E-state index contributed by atoms with van der Waals surface area (Å²) in [6.45, 7) is 9.51. The minimum Gasteiger partial charge on any atom is -0.370 e. The molecule has 1 N–H and O–H groups in total. The van der Waals surface area contributed by atoms with Gasteiger partial charge in [0.2, 0.25) is 0 Å². The molecule has 0 aromatic carbocycles. The maximum Gasteiger partial charge on any atom is 0.0592 e. The van der Waals surface area contributed by atoms with Crippen LogP contribution in [0.15, 0.2) is 22.9 Å². The minimum absolute atomic E-state index is 0.541. The Morgan fingerprint density at radius 1 is 1.50 bits per heavy atom. The topological polar surface area (TPSA) is 28.2 Å². The van der Waals surface area contributed by atoms with Crippen molar-refractivity contribution in [2.24, 2.45) is 0 Å². The van der Waals surface area contributed by atoms with Gasteiger partial charge in [0.15, 0.2) is 0 Å². The first-order chi connectivity index (χ1) is 7.65. The van der Waals surface area contributed by atoms with E-state index in [4.69, 9.17) is 0 Å². The number of halogens is 1. The van der Waals surface area contributed by atoms with Crippen molar-refractivity contribution in [1.29, 1.82) is 0 Å². The molecule has 1 aromatic heterocycles. The van der Waals surface area contributed by atoms with Crippen molar-refractivity contribution in [3.63, 3.8) is 0 Å². The van der Waals surface area contributed by atoms with Crippen molar-refractivity contribution in [3.05, 3.63) is 22.9 Å². The molecule has 0 fully saturated rings. The molecule has 16 heavy (non-hydrogen) atoms. The molecule has 0 aliphatic rings. The van der Waals surface area contributed by atoms with Gasteiger partial charge in [0.25, 0.3) is 0 Å². The lowest BCUT2D eigenvalue weighted by molar-refractivity contribution is 0.583. The molecule has 0 saturated heterocycles. The highest BCUT2D eigenvalue weighted by atomic mass is 79.9. The predicted octanol–water partition coefficient (Wildman–Crippen LogP) is 2.67. The van der Waals surface area contributed by atoms with Gasteiger partial charge in [0, 0.05) is 38.1 Å². The van der Waals surface area contributed by atoms with Gasteiger partial charge in [-0.1, -0.05) is 13.8 Å². The van der Waals surface area contributed by atoms with Crippen LogP contribution in [0.2, 0.25) is 0 Å². The molecular weight excluding hydrogens is 266 g/mol. The van der Waals surface area contributed by atoms with Crippen molar-refractivity contribution < 1.29 is 0 Å². The summed E-state index contributed by atoms with van der Waals surface area (Å²) in [6, 6.07) is 2.59. The summed E-state index contributed by atoms with van der Waals surface area (Å²) < 4.78 is 1.06. The number of pyridine rings is 1. The fourth-order valence-electron chi connectivity index (χ4n) is 1.56. The summed E-state index contributed by atoms with van der Waals surface area (Å²) in [5.41, 5.74) is 1.21. The second kappa shape index (κ2) is 6.86. The molecule has 0 aliphatic heterocycles. The van der Waals surface area contributed by atoms with Crippen LogP contribution in [-0.4, -0.2) is 30.7 Å². The van der Waals surface area contributed by atoms with E-state index in [1.807, 2.05) is 18.5 Å². The molecule has 3 nitrogen and oxygen atoms in total. The van der Waals surface area contributed by atoms with Gasteiger partial charge >= 0.3 is 0 Å². The molecule has 0 unspecified atom stereocenters. The summed E-state index contributed by atoms with van der Waals surface area (Å²) >= 11 is 3.53. The monoisotopic (exact) mass is 285 g/mol. The Bertz CT molecular complexity index is 315. The lowest BCUT2D eigenvalue weighted by Crippen LogP contribution is -2.35. The summed E-state index contributed by atoms with van der Waals surface area (Å²) in [5, 5.41) is 3.43. The van der Waals surface area contributed by atoms with Crippen LogP contribution < -0.4 is 10.2 Å². The van der Waals surface area contributed by atoms with E-state index in [1.165, 1.54) is 5.69 Å². The first-order valence-corrected chi connectivity index (χ1v) is 6.52. The smallest absolute Gasteiger partial charge is 0.0592 e. The molecular formula is C12H20BrN3. The fraction of sp³-hybridized carbons (Fsp3) is 0.583. The number of anilines is 1. The number of hydrogen-bond donors (Lipinski definition) is 1. The second-order valence-electron chi connectivity index (χ2n) is 4.02. The molecule has 0 atom stereocenters. The van der Waals surface area contributed by atoms with E-state index in [0.717, 1.165) is 24.1 Å². The van der Waals surface area contributed by atoms with E-state index in [2.05, 4.69) is 51.9 Å². The van der Waals surface area contributed by atoms with Crippen LogP contribution in [0.3, 0.4) is 0 Å². The largest absolute Gasteiger partial charge is 0.370 e. The Morgan fingerprint density at radius 3 is 2.81 bits per heavy atom. The lowest BCUT2D eigenvalue weighted by atomic mass is 10.3. The average Bonchev–Trinajstić information content (AvgIpc) is 2.25. The van der Waals surface area contributed by atoms with Gasteiger partial charge in [-0.25, -0.2) is 0 Å².